The molecule has 6 nitrogen and oxygen atoms in total. The molecule has 1 atom stereocenters. The van der Waals surface area contributed by atoms with Gasteiger partial charge >= 0.3 is 0 Å². The molecule has 1 unspecified atom stereocenters. The van der Waals surface area contributed by atoms with Gasteiger partial charge in [-0.25, -0.2) is 0 Å². The molecule has 1 heterocycles. The van der Waals surface area contributed by atoms with Crippen LogP contribution in [0, 0.1) is 0 Å². The van der Waals surface area contributed by atoms with Gasteiger partial charge in [-0.05, 0) is 37.6 Å². The Labute approximate surface area is 123 Å². The summed E-state index contributed by atoms with van der Waals surface area (Å²) in [5, 5.41) is 3.93. The van der Waals surface area contributed by atoms with E-state index < -0.39 is 5.91 Å². The van der Waals surface area contributed by atoms with Gasteiger partial charge in [-0.1, -0.05) is 18.5 Å². The fourth-order valence-corrected chi connectivity index (χ4v) is 1.82. The summed E-state index contributed by atoms with van der Waals surface area (Å²) in [5.41, 5.74) is 5.63. The average Bonchev–Trinajstić information content (AvgIpc) is 2.94. The van der Waals surface area contributed by atoms with Crippen LogP contribution in [0.1, 0.15) is 54.9 Å². The molecule has 2 rings (SSSR count). The molecule has 1 aromatic carbocycles. The molecular weight excluding hydrogens is 270 g/mol. The van der Waals surface area contributed by atoms with E-state index >= 15 is 0 Å². The van der Waals surface area contributed by atoms with E-state index in [0.29, 0.717) is 23.0 Å². The summed E-state index contributed by atoms with van der Waals surface area (Å²) in [6.45, 7) is 3.95. The summed E-state index contributed by atoms with van der Waals surface area (Å²) in [7, 11) is 0. The van der Waals surface area contributed by atoms with Crippen LogP contribution < -0.4 is 10.5 Å². The van der Waals surface area contributed by atoms with Crippen LogP contribution in [0.5, 0.6) is 5.75 Å². The molecule has 1 aromatic heterocycles. The highest BCUT2D eigenvalue weighted by molar-refractivity contribution is 5.92. The van der Waals surface area contributed by atoms with Crippen LogP contribution in [0.15, 0.2) is 28.8 Å². The van der Waals surface area contributed by atoms with Crippen molar-refractivity contribution in [3.05, 3.63) is 41.5 Å². The molecule has 112 valence electrons. The van der Waals surface area contributed by atoms with E-state index in [1.807, 2.05) is 6.92 Å². The minimum Gasteiger partial charge on any atom is -0.481 e. The van der Waals surface area contributed by atoms with Crippen LogP contribution >= 0.6 is 0 Å². The number of unbranched alkanes of at least 4 members (excludes halogenated alkanes) is 1. The monoisotopic (exact) mass is 289 g/mol. The van der Waals surface area contributed by atoms with Crippen molar-refractivity contribution in [1.82, 2.24) is 10.1 Å². The van der Waals surface area contributed by atoms with Crippen molar-refractivity contribution >= 4 is 5.91 Å². The van der Waals surface area contributed by atoms with Gasteiger partial charge in [0.25, 0.3) is 5.89 Å². The first-order valence-corrected chi connectivity index (χ1v) is 6.99. The third kappa shape index (κ3) is 4.05. The number of rotatable bonds is 7. The highest BCUT2D eigenvalue weighted by Crippen LogP contribution is 2.21. The molecule has 2 aromatic rings. The number of hydrogen-bond donors (Lipinski definition) is 1. The Hall–Kier alpha value is -2.37. The van der Waals surface area contributed by atoms with Gasteiger partial charge in [-0.2, -0.15) is 4.98 Å². The summed E-state index contributed by atoms with van der Waals surface area (Å²) in [4.78, 5) is 15.3. The van der Waals surface area contributed by atoms with Gasteiger partial charge in [-0.3, -0.25) is 4.79 Å². The van der Waals surface area contributed by atoms with Gasteiger partial charge in [0.2, 0.25) is 5.91 Å². The summed E-state index contributed by atoms with van der Waals surface area (Å²) < 4.78 is 10.9. The Morgan fingerprint density at radius 1 is 1.38 bits per heavy atom. The van der Waals surface area contributed by atoms with E-state index in [9.17, 15) is 4.79 Å². The number of nitrogens with two attached hydrogens (primary N) is 1. The molecule has 0 aliphatic carbocycles. The number of aromatic nitrogens is 2. The highest BCUT2D eigenvalue weighted by atomic mass is 16.5. The second-order valence-electron chi connectivity index (χ2n) is 4.80. The van der Waals surface area contributed by atoms with Gasteiger partial charge in [0.1, 0.15) is 5.75 Å². The van der Waals surface area contributed by atoms with E-state index in [1.54, 1.807) is 24.3 Å². The van der Waals surface area contributed by atoms with Crippen molar-refractivity contribution < 1.29 is 14.1 Å². The van der Waals surface area contributed by atoms with Crippen molar-refractivity contribution in [1.29, 1.82) is 0 Å². The number of carbonyl (C=O) groups is 1. The maximum Gasteiger partial charge on any atom is 0.267 e. The topological polar surface area (TPSA) is 91.2 Å². The Kier molecular flexibility index (Phi) is 4.92. The van der Waals surface area contributed by atoms with Crippen molar-refractivity contribution in [3.63, 3.8) is 0 Å². The maximum atomic E-state index is 11.0. The van der Waals surface area contributed by atoms with Crippen LogP contribution in [0.25, 0.3) is 0 Å². The van der Waals surface area contributed by atoms with Crippen LogP contribution in [-0.4, -0.2) is 16.0 Å². The molecule has 6 heteroatoms. The van der Waals surface area contributed by atoms with Crippen molar-refractivity contribution in [2.45, 2.75) is 39.2 Å². The zero-order chi connectivity index (χ0) is 15.2. The first kappa shape index (κ1) is 15.0. The fraction of sp³-hybridized carbons (Fsp3) is 0.400. The Morgan fingerprint density at radius 3 is 2.71 bits per heavy atom. The number of nitrogens with zero attached hydrogens (tertiary/aromatic N) is 2. The molecule has 21 heavy (non-hydrogen) atoms. The molecule has 0 aliphatic rings. The van der Waals surface area contributed by atoms with Crippen LogP contribution in [0.4, 0.5) is 0 Å². The number of ether oxygens (including phenoxy) is 1. The van der Waals surface area contributed by atoms with E-state index in [4.69, 9.17) is 15.0 Å². The smallest absolute Gasteiger partial charge is 0.267 e. The zero-order valence-corrected chi connectivity index (χ0v) is 12.2. The third-order valence-corrected chi connectivity index (χ3v) is 3.04. The third-order valence-electron chi connectivity index (χ3n) is 3.04. The van der Waals surface area contributed by atoms with Crippen LogP contribution in [0.3, 0.4) is 0 Å². The van der Waals surface area contributed by atoms with Gasteiger partial charge in [0, 0.05) is 12.0 Å². The molecule has 0 saturated heterocycles. The van der Waals surface area contributed by atoms with Crippen LogP contribution in [-0.2, 0) is 6.42 Å². The van der Waals surface area contributed by atoms with Crippen LogP contribution in [0.2, 0.25) is 0 Å². The van der Waals surface area contributed by atoms with E-state index in [0.717, 1.165) is 19.3 Å². The number of primary amides is 1. The molecular formula is C15H19N3O3. The molecule has 0 fully saturated rings. The van der Waals surface area contributed by atoms with E-state index in [1.165, 1.54) is 0 Å². The number of aryl methyl sites for hydroxylation is 1. The van der Waals surface area contributed by atoms with E-state index in [2.05, 4.69) is 17.1 Å². The quantitative estimate of drug-likeness (QED) is 0.846. The normalized spacial score (nSPS) is 12.1. The lowest BCUT2D eigenvalue weighted by molar-refractivity contribution is 0.1000. The summed E-state index contributed by atoms with van der Waals surface area (Å²) >= 11 is 0. The first-order chi connectivity index (χ1) is 10.1. The Morgan fingerprint density at radius 2 is 2.10 bits per heavy atom. The lowest BCUT2D eigenvalue weighted by Gasteiger charge is -2.10. The molecule has 0 radical (unpaired) electrons. The zero-order valence-electron chi connectivity index (χ0n) is 12.2. The van der Waals surface area contributed by atoms with E-state index in [-0.39, 0.29) is 6.10 Å². The first-order valence-electron chi connectivity index (χ1n) is 6.99. The lowest BCUT2D eigenvalue weighted by Crippen LogP contribution is -2.10. The number of benzene rings is 1. The second-order valence-corrected chi connectivity index (χ2v) is 4.80. The van der Waals surface area contributed by atoms with Crippen molar-refractivity contribution in [2.24, 2.45) is 5.73 Å². The molecule has 0 aliphatic heterocycles. The summed E-state index contributed by atoms with van der Waals surface area (Å²) in [6.07, 6.45) is 2.57. The Bertz CT molecular complexity index is 592. The van der Waals surface area contributed by atoms with Crippen molar-refractivity contribution in [2.75, 3.05) is 0 Å². The maximum absolute atomic E-state index is 11.0. The minimum atomic E-state index is -0.466. The predicted molar refractivity (Wildman–Crippen MR) is 76.9 cm³/mol. The predicted octanol–water partition coefficient (Wildman–Crippen LogP) is 2.65. The molecule has 0 spiro atoms. The van der Waals surface area contributed by atoms with Gasteiger partial charge in [-0.15, -0.1) is 0 Å². The summed E-state index contributed by atoms with van der Waals surface area (Å²) in [5.74, 6) is 1.29. The molecule has 1 amide bonds. The average molecular weight is 289 g/mol. The van der Waals surface area contributed by atoms with Gasteiger partial charge in [0.05, 0.1) is 0 Å². The minimum absolute atomic E-state index is 0.354. The largest absolute Gasteiger partial charge is 0.481 e. The Balaban J connectivity index is 1.98. The highest BCUT2D eigenvalue weighted by Gasteiger charge is 2.16. The number of carbonyl (C=O) groups excluding carboxylic acids is 1. The SMILES string of the molecule is CCCCc1noc(C(C)Oc2ccc(C(N)=O)cc2)n1. The van der Waals surface area contributed by atoms with Gasteiger partial charge in [0.15, 0.2) is 11.9 Å². The summed E-state index contributed by atoms with van der Waals surface area (Å²) in [6, 6.07) is 6.60. The lowest BCUT2D eigenvalue weighted by atomic mass is 10.2. The van der Waals surface area contributed by atoms with Gasteiger partial charge < -0.3 is 15.0 Å². The van der Waals surface area contributed by atoms with Crippen molar-refractivity contribution in [3.8, 4) is 5.75 Å². The molecule has 2 N–H and O–H groups in total. The molecule has 0 bridgehead atoms. The standard InChI is InChI=1S/C15H19N3O3/c1-3-4-5-13-17-15(21-18-13)10(2)20-12-8-6-11(7-9-12)14(16)19/h6-10H,3-5H2,1-2H3,(H2,16,19). The number of hydrogen-bond acceptors (Lipinski definition) is 5. The fourth-order valence-electron chi connectivity index (χ4n) is 1.82. The second kappa shape index (κ2) is 6.88. The number of amides is 1. The molecule has 0 saturated carbocycles.